The Labute approximate surface area is 88.7 Å². The molecule has 0 aromatic heterocycles. The van der Waals surface area contributed by atoms with Gasteiger partial charge in [-0.3, -0.25) is 4.79 Å². The highest BCUT2D eigenvalue weighted by Crippen LogP contribution is 2.37. The molecule has 1 aliphatic rings. The minimum absolute atomic E-state index is 0.00634. The SMILES string of the molecule is CC(C)C1Cc2ccc(O)c(C=O)c2O1. The van der Waals surface area contributed by atoms with E-state index in [9.17, 15) is 9.90 Å². The van der Waals surface area contributed by atoms with Crippen molar-refractivity contribution in [1.82, 2.24) is 0 Å². The van der Waals surface area contributed by atoms with E-state index in [1.54, 1.807) is 6.07 Å². The molecule has 3 nitrogen and oxygen atoms in total. The van der Waals surface area contributed by atoms with Crippen molar-refractivity contribution in [3.8, 4) is 11.5 Å². The topological polar surface area (TPSA) is 46.5 Å². The van der Waals surface area contributed by atoms with Crippen molar-refractivity contribution >= 4 is 6.29 Å². The highest BCUT2D eigenvalue weighted by atomic mass is 16.5. The van der Waals surface area contributed by atoms with E-state index in [0.29, 0.717) is 18.0 Å². The molecule has 0 bridgehead atoms. The van der Waals surface area contributed by atoms with Gasteiger partial charge in [0.1, 0.15) is 17.6 Å². The predicted molar refractivity (Wildman–Crippen MR) is 56.5 cm³/mol. The summed E-state index contributed by atoms with van der Waals surface area (Å²) >= 11 is 0. The number of aromatic hydroxyl groups is 1. The number of benzene rings is 1. The van der Waals surface area contributed by atoms with Crippen LogP contribution in [0.1, 0.15) is 29.8 Å². The molecule has 0 amide bonds. The second-order valence-electron chi connectivity index (χ2n) is 4.21. The first-order chi connectivity index (χ1) is 7.13. The average molecular weight is 206 g/mol. The summed E-state index contributed by atoms with van der Waals surface area (Å²) in [6.45, 7) is 4.16. The quantitative estimate of drug-likeness (QED) is 0.754. The van der Waals surface area contributed by atoms with Gasteiger partial charge in [-0.2, -0.15) is 0 Å². The number of aldehydes is 1. The van der Waals surface area contributed by atoms with Crippen LogP contribution in [0.25, 0.3) is 0 Å². The van der Waals surface area contributed by atoms with Gasteiger partial charge < -0.3 is 9.84 Å². The van der Waals surface area contributed by atoms with E-state index < -0.39 is 0 Å². The lowest BCUT2D eigenvalue weighted by Gasteiger charge is -2.14. The van der Waals surface area contributed by atoms with E-state index in [-0.39, 0.29) is 17.4 Å². The van der Waals surface area contributed by atoms with Crippen molar-refractivity contribution in [3.63, 3.8) is 0 Å². The van der Waals surface area contributed by atoms with E-state index in [1.165, 1.54) is 0 Å². The molecule has 1 heterocycles. The zero-order chi connectivity index (χ0) is 11.0. The predicted octanol–water partition coefficient (Wildman–Crippen LogP) is 2.16. The Bertz CT molecular complexity index is 396. The van der Waals surface area contributed by atoms with Crippen LogP contribution in [0.4, 0.5) is 0 Å². The van der Waals surface area contributed by atoms with Gasteiger partial charge in [-0.1, -0.05) is 19.9 Å². The van der Waals surface area contributed by atoms with E-state index in [2.05, 4.69) is 13.8 Å². The van der Waals surface area contributed by atoms with Crippen LogP contribution >= 0.6 is 0 Å². The normalized spacial score (nSPS) is 18.7. The Morgan fingerprint density at radius 1 is 1.53 bits per heavy atom. The van der Waals surface area contributed by atoms with Crippen LogP contribution in [0.15, 0.2) is 12.1 Å². The molecule has 1 aliphatic heterocycles. The number of phenolic OH excluding ortho intramolecular Hbond substituents is 1. The molecular formula is C12H14O3. The van der Waals surface area contributed by atoms with Crippen LogP contribution in [-0.4, -0.2) is 17.5 Å². The number of carbonyl (C=O) groups is 1. The zero-order valence-electron chi connectivity index (χ0n) is 8.86. The van der Waals surface area contributed by atoms with Crippen LogP contribution in [0.2, 0.25) is 0 Å². The molecular weight excluding hydrogens is 192 g/mol. The van der Waals surface area contributed by atoms with Gasteiger partial charge in [-0.15, -0.1) is 0 Å². The number of carbonyl (C=O) groups excluding carboxylic acids is 1. The Morgan fingerprint density at radius 2 is 2.27 bits per heavy atom. The Morgan fingerprint density at radius 3 is 2.87 bits per heavy atom. The number of fused-ring (bicyclic) bond motifs is 1. The van der Waals surface area contributed by atoms with Crippen LogP contribution in [0.3, 0.4) is 0 Å². The summed E-state index contributed by atoms with van der Waals surface area (Å²) < 4.78 is 5.68. The van der Waals surface area contributed by atoms with Crippen LogP contribution in [0.5, 0.6) is 11.5 Å². The third-order valence-corrected chi connectivity index (χ3v) is 2.81. The van der Waals surface area contributed by atoms with Gasteiger partial charge in [-0.25, -0.2) is 0 Å². The first-order valence-corrected chi connectivity index (χ1v) is 5.10. The summed E-state index contributed by atoms with van der Waals surface area (Å²) in [6.07, 6.45) is 1.57. The fraction of sp³-hybridized carbons (Fsp3) is 0.417. The third kappa shape index (κ3) is 1.58. The number of hydrogen-bond donors (Lipinski definition) is 1. The summed E-state index contributed by atoms with van der Waals surface area (Å²) in [5.74, 6) is 0.955. The smallest absolute Gasteiger partial charge is 0.157 e. The number of rotatable bonds is 2. The van der Waals surface area contributed by atoms with Crippen molar-refractivity contribution in [2.75, 3.05) is 0 Å². The minimum atomic E-state index is -0.00634. The first-order valence-electron chi connectivity index (χ1n) is 5.10. The van der Waals surface area contributed by atoms with Crippen molar-refractivity contribution < 1.29 is 14.6 Å². The van der Waals surface area contributed by atoms with Crippen molar-refractivity contribution in [3.05, 3.63) is 23.3 Å². The molecule has 0 spiro atoms. The molecule has 80 valence electrons. The maximum atomic E-state index is 10.8. The molecule has 1 atom stereocenters. The van der Waals surface area contributed by atoms with Gasteiger partial charge in [0.2, 0.25) is 0 Å². The van der Waals surface area contributed by atoms with E-state index in [4.69, 9.17) is 4.74 Å². The van der Waals surface area contributed by atoms with Crippen molar-refractivity contribution in [2.24, 2.45) is 5.92 Å². The van der Waals surface area contributed by atoms with E-state index >= 15 is 0 Å². The second-order valence-corrected chi connectivity index (χ2v) is 4.21. The van der Waals surface area contributed by atoms with Gasteiger partial charge in [0, 0.05) is 6.42 Å². The van der Waals surface area contributed by atoms with Gasteiger partial charge in [0.25, 0.3) is 0 Å². The number of hydrogen-bond acceptors (Lipinski definition) is 3. The molecule has 0 fully saturated rings. The Balaban J connectivity index is 2.41. The first kappa shape index (κ1) is 10.0. The molecule has 15 heavy (non-hydrogen) atoms. The maximum absolute atomic E-state index is 10.8. The molecule has 0 saturated heterocycles. The summed E-state index contributed by atoms with van der Waals surface area (Å²) in [4.78, 5) is 10.8. The highest BCUT2D eigenvalue weighted by Gasteiger charge is 2.28. The van der Waals surface area contributed by atoms with Crippen LogP contribution in [0, 0.1) is 5.92 Å². The molecule has 1 unspecified atom stereocenters. The second kappa shape index (κ2) is 3.57. The minimum Gasteiger partial charge on any atom is -0.507 e. The molecule has 0 saturated carbocycles. The van der Waals surface area contributed by atoms with Gasteiger partial charge in [-0.05, 0) is 17.5 Å². The average Bonchev–Trinajstić information content (AvgIpc) is 2.61. The fourth-order valence-electron chi connectivity index (χ4n) is 1.83. The summed E-state index contributed by atoms with van der Waals surface area (Å²) in [5.41, 5.74) is 1.28. The van der Waals surface area contributed by atoms with Gasteiger partial charge in [0.05, 0.1) is 5.56 Å². The monoisotopic (exact) mass is 206 g/mol. The molecule has 0 aliphatic carbocycles. The molecule has 2 rings (SSSR count). The molecule has 0 radical (unpaired) electrons. The maximum Gasteiger partial charge on any atom is 0.157 e. The molecule has 1 N–H and O–H groups in total. The standard InChI is InChI=1S/C12H14O3/c1-7(2)11-5-8-3-4-10(14)9(6-13)12(8)15-11/h3-4,6-7,11,14H,5H2,1-2H3. The zero-order valence-corrected chi connectivity index (χ0v) is 8.86. The lowest BCUT2D eigenvalue weighted by atomic mass is 10.0. The van der Waals surface area contributed by atoms with Crippen LogP contribution < -0.4 is 4.74 Å². The van der Waals surface area contributed by atoms with Gasteiger partial charge >= 0.3 is 0 Å². The summed E-state index contributed by atoms with van der Waals surface area (Å²) in [6, 6.07) is 3.37. The molecule has 1 aromatic carbocycles. The van der Waals surface area contributed by atoms with Gasteiger partial charge in [0.15, 0.2) is 6.29 Å². The lowest BCUT2D eigenvalue weighted by molar-refractivity contribution is 0.111. The fourth-order valence-corrected chi connectivity index (χ4v) is 1.83. The molecule has 3 heteroatoms. The number of phenols is 1. The summed E-state index contributed by atoms with van der Waals surface area (Å²) in [7, 11) is 0. The highest BCUT2D eigenvalue weighted by molar-refractivity contribution is 5.84. The third-order valence-electron chi connectivity index (χ3n) is 2.81. The Kier molecular flexibility index (Phi) is 2.39. The van der Waals surface area contributed by atoms with E-state index in [0.717, 1.165) is 12.0 Å². The number of ether oxygens (including phenoxy) is 1. The molecule has 1 aromatic rings. The summed E-state index contributed by atoms with van der Waals surface area (Å²) in [5, 5.41) is 9.49. The largest absolute Gasteiger partial charge is 0.507 e. The van der Waals surface area contributed by atoms with Crippen LogP contribution in [-0.2, 0) is 6.42 Å². The Hall–Kier alpha value is -1.51. The van der Waals surface area contributed by atoms with E-state index in [1.807, 2.05) is 6.07 Å². The van der Waals surface area contributed by atoms with Crippen molar-refractivity contribution in [1.29, 1.82) is 0 Å². The lowest BCUT2D eigenvalue weighted by Crippen LogP contribution is -2.20. The van der Waals surface area contributed by atoms with Crippen molar-refractivity contribution in [2.45, 2.75) is 26.4 Å².